The van der Waals surface area contributed by atoms with E-state index in [1.165, 1.54) is 19.3 Å². The minimum atomic E-state index is -0.0304. The third-order valence-corrected chi connectivity index (χ3v) is 6.51. The van der Waals surface area contributed by atoms with Crippen molar-refractivity contribution < 1.29 is 4.79 Å². The van der Waals surface area contributed by atoms with Crippen molar-refractivity contribution in [3.8, 4) is 0 Å². The first-order chi connectivity index (χ1) is 9.39. The van der Waals surface area contributed by atoms with Crippen LogP contribution in [0.4, 0.5) is 0 Å². The van der Waals surface area contributed by atoms with Crippen molar-refractivity contribution in [2.24, 2.45) is 22.2 Å². The minimum Gasteiger partial charge on any atom is -0.356 e. The number of carbonyl (C=O) groups is 1. The standard InChI is InChI=1S/C17H28BrNO/c1-15-7-13-8-16(2,10-15)12-17(9-13,11-15)14(20)19-6-4-3-5-18/h13H,3-12H2,1-2H3,(H,19,20). The molecule has 0 saturated heterocycles. The Morgan fingerprint density at radius 3 is 2.30 bits per heavy atom. The van der Waals surface area contributed by atoms with Crippen LogP contribution >= 0.6 is 15.9 Å². The lowest BCUT2D eigenvalue weighted by molar-refractivity contribution is -0.170. The molecule has 0 heterocycles. The van der Waals surface area contributed by atoms with E-state index >= 15 is 0 Å². The highest BCUT2D eigenvalue weighted by Crippen LogP contribution is 2.69. The average molecular weight is 342 g/mol. The van der Waals surface area contributed by atoms with Gasteiger partial charge in [0.1, 0.15) is 0 Å². The lowest BCUT2D eigenvalue weighted by atomic mass is 9.40. The molecule has 0 aliphatic heterocycles. The Bertz CT molecular complexity index is 390. The Balaban J connectivity index is 1.70. The Morgan fingerprint density at radius 1 is 1.10 bits per heavy atom. The van der Waals surface area contributed by atoms with Crippen LogP contribution in [0.25, 0.3) is 0 Å². The highest BCUT2D eigenvalue weighted by molar-refractivity contribution is 9.09. The molecule has 1 N–H and O–H groups in total. The second kappa shape index (κ2) is 5.00. The average Bonchev–Trinajstić information content (AvgIpc) is 2.29. The molecule has 3 heteroatoms. The van der Waals surface area contributed by atoms with Crippen molar-refractivity contribution in [2.45, 2.75) is 65.2 Å². The van der Waals surface area contributed by atoms with Gasteiger partial charge in [0.05, 0.1) is 5.41 Å². The fourth-order valence-corrected chi connectivity index (χ4v) is 6.71. The first kappa shape index (κ1) is 14.9. The smallest absolute Gasteiger partial charge is 0.226 e. The molecule has 1 amide bonds. The lowest BCUT2D eigenvalue weighted by Crippen LogP contribution is -2.59. The van der Waals surface area contributed by atoms with E-state index in [0.29, 0.717) is 16.7 Å². The van der Waals surface area contributed by atoms with E-state index in [2.05, 4.69) is 35.1 Å². The van der Waals surface area contributed by atoms with Gasteiger partial charge in [0, 0.05) is 11.9 Å². The van der Waals surface area contributed by atoms with Gasteiger partial charge in [-0.2, -0.15) is 0 Å². The summed E-state index contributed by atoms with van der Waals surface area (Å²) in [4.78, 5) is 12.8. The molecule has 4 aliphatic carbocycles. The van der Waals surface area contributed by atoms with E-state index in [9.17, 15) is 4.79 Å². The topological polar surface area (TPSA) is 29.1 Å². The van der Waals surface area contributed by atoms with Crippen molar-refractivity contribution >= 4 is 21.8 Å². The van der Waals surface area contributed by atoms with Crippen LogP contribution in [0.3, 0.4) is 0 Å². The maximum absolute atomic E-state index is 12.8. The molecular weight excluding hydrogens is 314 g/mol. The predicted octanol–water partition coefficient (Wildman–Crippen LogP) is 4.27. The van der Waals surface area contributed by atoms with E-state index in [-0.39, 0.29) is 5.41 Å². The Kier molecular flexibility index (Phi) is 3.72. The van der Waals surface area contributed by atoms with Gasteiger partial charge in [-0.3, -0.25) is 4.79 Å². The summed E-state index contributed by atoms with van der Waals surface area (Å²) in [6.07, 6.45) is 9.73. The van der Waals surface area contributed by atoms with Crippen molar-refractivity contribution in [3.05, 3.63) is 0 Å². The van der Waals surface area contributed by atoms with Crippen LogP contribution in [0.2, 0.25) is 0 Å². The maximum Gasteiger partial charge on any atom is 0.226 e. The number of amides is 1. The number of hydrogen-bond donors (Lipinski definition) is 1. The quantitative estimate of drug-likeness (QED) is 0.587. The third kappa shape index (κ3) is 2.55. The van der Waals surface area contributed by atoms with Crippen LogP contribution in [0.15, 0.2) is 0 Å². The lowest BCUT2D eigenvalue weighted by Gasteiger charge is -2.64. The van der Waals surface area contributed by atoms with Crippen LogP contribution in [-0.2, 0) is 4.79 Å². The number of carbonyl (C=O) groups excluding carboxylic acids is 1. The molecule has 114 valence electrons. The zero-order valence-corrected chi connectivity index (χ0v) is 14.5. The summed E-state index contributed by atoms with van der Waals surface area (Å²) in [5, 5.41) is 4.28. The van der Waals surface area contributed by atoms with Gasteiger partial charge >= 0.3 is 0 Å². The second-order valence-electron chi connectivity index (χ2n) is 8.56. The Hall–Kier alpha value is -0.0500. The number of halogens is 1. The van der Waals surface area contributed by atoms with Crippen LogP contribution in [0.1, 0.15) is 65.2 Å². The molecule has 0 spiro atoms. The summed E-state index contributed by atoms with van der Waals surface area (Å²) < 4.78 is 0. The summed E-state index contributed by atoms with van der Waals surface area (Å²) in [6.45, 7) is 5.72. The summed E-state index contributed by atoms with van der Waals surface area (Å²) in [5.41, 5.74) is 0.833. The first-order valence-electron chi connectivity index (χ1n) is 8.23. The zero-order chi connectivity index (χ0) is 14.4. The highest BCUT2D eigenvalue weighted by Gasteiger charge is 2.62. The number of rotatable bonds is 5. The predicted molar refractivity (Wildman–Crippen MR) is 85.9 cm³/mol. The minimum absolute atomic E-state index is 0.0304. The summed E-state index contributed by atoms with van der Waals surface area (Å²) >= 11 is 3.45. The number of alkyl halides is 1. The largest absolute Gasteiger partial charge is 0.356 e. The molecule has 4 bridgehead atoms. The summed E-state index contributed by atoms with van der Waals surface area (Å²) in [6, 6.07) is 0. The van der Waals surface area contributed by atoms with Gasteiger partial charge in [0.15, 0.2) is 0 Å². The van der Waals surface area contributed by atoms with E-state index in [1.54, 1.807) is 0 Å². The molecule has 0 aromatic heterocycles. The second-order valence-corrected chi connectivity index (χ2v) is 9.36. The van der Waals surface area contributed by atoms with Crippen LogP contribution in [-0.4, -0.2) is 17.8 Å². The molecule has 0 aromatic rings. The van der Waals surface area contributed by atoms with Crippen molar-refractivity contribution in [3.63, 3.8) is 0 Å². The van der Waals surface area contributed by atoms with Gasteiger partial charge in [0.2, 0.25) is 5.91 Å². The molecule has 0 radical (unpaired) electrons. The summed E-state index contributed by atoms with van der Waals surface area (Å²) in [7, 11) is 0. The molecular formula is C17H28BrNO. The van der Waals surface area contributed by atoms with Gasteiger partial charge in [0.25, 0.3) is 0 Å². The molecule has 4 saturated carbocycles. The van der Waals surface area contributed by atoms with Gasteiger partial charge in [-0.15, -0.1) is 0 Å². The number of nitrogens with one attached hydrogen (secondary N) is 1. The van der Waals surface area contributed by atoms with Crippen molar-refractivity contribution in [1.29, 1.82) is 0 Å². The molecule has 4 aliphatic rings. The fraction of sp³-hybridized carbons (Fsp3) is 0.941. The summed E-state index contributed by atoms with van der Waals surface area (Å²) in [5.74, 6) is 1.17. The Labute approximate surface area is 131 Å². The number of unbranched alkanes of at least 4 members (excludes halogenated alkanes) is 1. The van der Waals surface area contributed by atoms with Gasteiger partial charge in [-0.05, 0) is 68.1 Å². The molecule has 4 rings (SSSR count). The van der Waals surface area contributed by atoms with Crippen LogP contribution < -0.4 is 5.32 Å². The zero-order valence-electron chi connectivity index (χ0n) is 12.9. The van der Waals surface area contributed by atoms with E-state index in [4.69, 9.17) is 0 Å². The first-order valence-corrected chi connectivity index (χ1v) is 9.35. The van der Waals surface area contributed by atoms with Crippen molar-refractivity contribution in [2.75, 3.05) is 11.9 Å². The monoisotopic (exact) mass is 341 g/mol. The normalized spacial score (nSPS) is 45.6. The third-order valence-electron chi connectivity index (χ3n) is 5.95. The van der Waals surface area contributed by atoms with Gasteiger partial charge < -0.3 is 5.32 Å². The SMILES string of the molecule is CC12CC3CC(C)(C1)CC(C(=O)NCCCCBr)(C3)C2. The van der Waals surface area contributed by atoms with Crippen LogP contribution in [0.5, 0.6) is 0 Å². The molecule has 0 aromatic carbocycles. The van der Waals surface area contributed by atoms with Gasteiger partial charge in [-0.25, -0.2) is 0 Å². The molecule has 2 unspecified atom stereocenters. The highest BCUT2D eigenvalue weighted by atomic mass is 79.9. The van der Waals surface area contributed by atoms with Crippen molar-refractivity contribution in [1.82, 2.24) is 5.32 Å². The van der Waals surface area contributed by atoms with E-state index in [0.717, 1.165) is 49.9 Å². The fourth-order valence-electron chi connectivity index (χ4n) is 6.31. The Morgan fingerprint density at radius 2 is 1.75 bits per heavy atom. The van der Waals surface area contributed by atoms with E-state index < -0.39 is 0 Å². The molecule has 2 nitrogen and oxygen atoms in total. The maximum atomic E-state index is 12.8. The van der Waals surface area contributed by atoms with E-state index in [1.807, 2.05) is 0 Å². The van der Waals surface area contributed by atoms with Gasteiger partial charge in [-0.1, -0.05) is 29.8 Å². The molecule has 4 fully saturated rings. The molecule has 2 atom stereocenters. The number of hydrogen-bond acceptors (Lipinski definition) is 1. The van der Waals surface area contributed by atoms with Crippen LogP contribution in [0, 0.1) is 22.2 Å². The molecule has 20 heavy (non-hydrogen) atoms.